The molecule has 0 aliphatic rings. The molecule has 1 unspecified atom stereocenters. The van der Waals surface area contributed by atoms with Crippen LogP contribution in [0.1, 0.15) is 13.8 Å². The summed E-state index contributed by atoms with van der Waals surface area (Å²) in [5, 5.41) is 7.21. The van der Waals surface area contributed by atoms with Crippen molar-refractivity contribution >= 4 is 9.84 Å². The van der Waals surface area contributed by atoms with Crippen molar-refractivity contribution in [2.24, 2.45) is 0 Å². The van der Waals surface area contributed by atoms with Gasteiger partial charge in [-0.2, -0.15) is 5.10 Å². The first-order valence-electron chi connectivity index (χ1n) is 5.65. The maximum Gasteiger partial charge on any atom is 0.178 e. The van der Waals surface area contributed by atoms with Gasteiger partial charge in [0.25, 0.3) is 0 Å². The predicted octanol–water partition coefficient (Wildman–Crippen LogP) is 0.300. The average Bonchev–Trinajstić information content (AvgIpc) is 2.73. The van der Waals surface area contributed by atoms with Gasteiger partial charge in [0.05, 0.1) is 24.4 Å². The molecule has 0 saturated heterocycles. The van der Waals surface area contributed by atoms with Crippen LogP contribution in [-0.4, -0.2) is 50.3 Å². The van der Waals surface area contributed by atoms with Gasteiger partial charge in [-0.1, -0.05) is 0 Å². The van der Waals surface area contributed by atoms with E-state index >= 15 is 0 Å². The summed E-state index contributed by atoms with van der Waals surface area (Å²) >= 11 is 0. The molecule has 0 fully saturated rings. The lowest BCUT2D eigenvalue weighted by molar-refractivity contribution is -0.0137. The lowest BCUT2D eigenvalue weighted by Crippen LogP contribution is -2.49. The number of likely N-dealkylation sites (N-methyl/N-ethyl adjacent to an activating group) is 1. The van der Waals surface area contributed by atoms with Crippen LogP contribution in [0.25, 0.3) is 0 Å². The standard InChI is InChI=1S/C11H21N3O3S/c1-11(2,17-4)10(12-3)8-14-7-9(6-13-14)18(5,15)16/h6-7,10,12H,8H2,1-5H3. The molecule has 0 bridgehead atoms. The van der Waals surface area contributed by atoms with Crippen molar-refractivity contribution in [2.45, 2.75) is 36.9 Å². The van der Waals surface area contributed by atoms with E-state index in [1.807, 2.05) is 20.9 Å². The highest BCUT2D eigenvalue weighted by Gasteiger charge is 2.28. The number of rotatable bonds is 6. The summed E-state index contributed by atoms with van der Waals surface area (Å²) in [6, 6.07) is 0.0230. The first kappa shape index (κ1) is 15.1. The molecule has 1 aromatic rings. The van der Waals surface area contributed by atoms with E-state index in [0.29, 0.717) is 6.54 Å². The van der Waals surface area contributed by atoms with Crippen LogP contribution < -0.4 is 5.32 Å². The molecule has 1 rings (SSSR count). The van der Waals surface area contributed by atoms with Crippen LogP contribution in [0.3, 0.4) is 0 Å². The van der Waals surface area contributed by atoms with Crippen molar-refractivity contribution in [1.29, 1.82) is 0 Å². The molecule has 104 valence electrons. The maximum atomic E-state index is 11.4. The Morgan fingerprint density at radius 1 is 1.56 bits per heavy atom. The van der Waals surface area contributed by atoms with Gasteiger partial charge in [0.2, 0.25) is 0 Å². The third-order valence-electron chi connectivity index (χ3n) is 3.12. The van der Waals surface area contributed by atoms with E-state index in [-0.39, 0.29) is 16.5 Å². The van der Waals surface area contributed by atoms with Crippen LogP contribution in [0.15, 0.2) is 17.3 Å². The van der Waals surface area contributed by atoms with E-state index < -0.39 is 9.84 Å². The van der Waals surface area contributed by atoms with Gasteiger partial charge < -0.3 is 10.1 Å². The molecule has 1 N–H and O–H groups in total. The van der Waals surface area contributed by atoms with Crippen LogP contribution in [0.5, 0.6) is 0 Å². The van der Waals surface area contributed by atoms with Crippen LogP contribution >= 0.6 is 0 Å². The lowest BCUT2D eigenvalue weighted by atomic mass is 9.99. The highest BCUT2D eigenvalue weighted by molar-refractivity contribution is 7.90. The van der Waals surface area contributed by atoms with Gasteiger partial charge in [-0.05, 0) is 20.9 Å². The first-order valence-corrected chi connectivity index (χ1v) is 7.55. The van der Waals surface area contributed by atoms with Crippen molar-refractivity contribution in [3.63, 3.8) is 0 Å². The number of hydrogen-bond acceptors (Lipinski definition) is 5. The lowest BCUT2D eigenvalue weighted by Gasteiger charge is -2.32. The molecule has 7 heteroatoms. The molecule has 0 radical (unpaired) electrons. The van der Waals surface area contributed by atoms with Crippen molar-refractivity contribution in [1.82, 2.24) is 15.1 Å². The molecule has 0 saturated carbocycles. The summed E-state index contributed by atoms with van der Waals surface area (Å²) in [5.41, 5.74) is -0.369. The fourth-order valence-corrected chi connectivity index (χ4v) is 2.18. The Morgan fingerprint density at radius 3 is 2.56 bits per heavy atom. The second kappa shape index (κ2) is 5.38. The highest BCUT2D eigenvalue weighted by atomic mass is 32.2. The highest BCUT2D eigenvalue weighted by Crippen LogP contribution is 2.16. The zero-order valence-corrected chi connectivity index (χ0v) is 12.3. The molecule has 18 heavy (non-hydrogen) atoms. The molecule has 0 amide bonds. The van der Waals surface area contributed by atoms with E-state index in [0.717, 1.165) is 0 Å². The summed E-state index contributed by atoms with van der Waals surface area (Å²) in [6.07, 6.45) is 4.07. The molecule has 1 heterocycles. The number of nitrogens with zero attached hydrogens (tertiary/aromatic N) is 2. The van der Waals surface area contributed by atoms with Crippen LogP contribution in [0.4, 0.5) is 0 Å². The summed E-state index contributed by atoms with van der Waals surface area (Å²) in [5.74, 6) is 0. The van der Waals surface area contributed by atoms with E-state index in [1.54, 1.807) is 11.8 Å². The van der Waals surface area contributed by atoms with Crippen LogP contribution in [-0.2, 0) is 21.1 Å². The smallest absolute Gasteiger partial charge is 0.178 e. The SMILES string of the molecule is CNC(Cn1cc(S(C)(=O)=O)cn1)C(C)(C)OC. The van der Waals surface area contributed by atoms with Crippen molar-refractivity contribution in [3.05, 3.63) is 12.4 Å². The van der Waals surface area contributed by atoms with Crippen LogP contribution in [0.2, 0.25) is 0 Å². The molecule has 1 aromatic heterocycles. The number of hydrogen-bond donors (Lipinski definition) is 1. The van der Waals surface area contributed by atoms with Gasteiger partial charge in [0.15, 0.2) is 9.84 Å². The van der Waals surface area contributed by atoms with Gasteiger partial charge in [0, 0.05) is 19.6 Å². The summed E-state index contributed by atoms with van der Waals surface area (Å²) in [7, 11) is 0.287. The van der Waals surface area contributed by atoms with Gasteiger partial charge in [-0.3, -0.25) is 4.68 Å². The van der Waals surface area contributed by atoms with Crippen molar-refractivity contribution in [2.75, 3.05) is 20.4 Å². The zero-order chi connectivity index (χ0) is 14.0. The monoisotopic (exact) mass is 275 g/mol. The molecular weight excluding hydrogens is 254 g/mol. The minimum atomic E-state index is -3.20. The molecule has 6 nitrogen and oxygen atoms in total. The second-order valence-electron chi connectivity index (χ2n) is 4.82. The predicted molar refractivity (Wildman–Crippen MR) is 69.3 cm³/mol. The van der Waals surface area contributed by atoms with E-state index in [9.17, 15) is 8.42 Å². The van der Waals surface area contributed by atoms with E-state index in [2.05, 4.69) is 10.4 Å². The number of nitrogens with one attached hydrogen (secondary N) is 1. The maximum absolute atomic E-state index is 11.4. The minimum absolute atomic E-state index is 0.0230. The largest absolute Gasteiger partial charge is 0.377 e. The molecule has 0 aromatic carbocycles. The first-order chi connectivity index (χ1) is 8.20. The summed E-state index contributed by atoms with van der Waals surface area (Å²) < 4.78 is 29.7. The molecule has 0 aliphatic carbocycles. The average molecular weight is 275 g/mol. The Bertz CT molecular complexity index is 493. The number of methoxy groups -OCH3 is 1. The number of ether oxygens (including phenoxy) is 1. The Hall–Kier alpha value is -0.920. The topological polar surface area (TPSA) is 73.2 Å². The third kappa shape index (κ3) is 3.54. The molecule has 0 spiro atoms. The number of sulfone groups is 1. The van der Waals surface area contributed by atoms with Gasteiger partial charge in [-0.15, -0.1) is 0 Å². The molecule has 0 aliphatic heterocycles. The Morgan fingerprint density at radius 2 is 2.17 bits per heavy atom. The summed E-state index contributed by atoms with van der Waals surface area (Å²) in [6.45, 7) is 4.47. The Balaban J connectivity index is 2.87. The Labute approximate surface area is 108 Å². The summed E-state index contributed by atoms with van der Waals surface area (Å²) in [4.78, 5) is 0.229. The van der Waals surface area contributed by atoms with Gasteiger partial charge in [0.1, 0.15) is 4.90 Å². The molecule has 1 atom stereocenters. The van der Waals surface area contributed by atoms with Gasteiger partial charge in [-0.25, -0.2) is 8.42 Å². The van der Waals surface area contributed by atoms with E-state index in [1.165, 1.54) is 18.6 Å². The van der Waals surface area contributed by atoms with Crippen LogP contribution in [0, 0.1) is 0 Å². The minimum Gasteiger partial charge on any atom is -0.377 e. The normalized spacial score (nSPS) is 14.7. The zero-order valence-electron chi connectivity index (χ0n) is 11.5. The van der Waals surface area contributed by atoms with Crippen molar-refractivity contribution < 1.29 is 13.2 Å². The fourth-order valence-electron chi connectivity index (χ4n) is 1.62. The molecular formula is C11H21N3O3S. The third-order valence-corrected chi connectivity index (χ3v) is 4.19. The van der Waals surface area contributed by atoms with Crippen molar-refractivity contribution in [3.8, 4) is 0 Å². The van der Waals surface area contributed by atoms with E-state index in [4.69, 9.17) is 4.74 Å². The second-order valence-corrected chi connectivity index (χ2v) is 6.83. The van der Waals surface area contributed by atoms with Gasteiger partial charge >= 0.3 is 0 Å². The Kier molecular flexibility index (Phi) is 4.52. The fraction of sp³-hybridized carbons (Fsp3) is 0.727. The number of aromatic nitrogens is 2. The quantitative estimate of drug-likeness (QED) is 0.808.